The molecule has 8 heteroatoms. The van der Waals surface area contributed by atoms with E-state index in [4.69, 9.17) is 0 Å². The lowest BCUT2D eigenvalue weighted by Crippen LogP contribution is -2.49. The lowest BCUT2D eigenvalue weighted by molar-refractivity contribution is -0.121. The third-order valence-corrected chi connectivity index (χ3v) is 4.59. The maximum atomic E-state index is 11.9. The van der Waals surface area contributed by atoms with Crippen LogP contribution in [0.3, 0.4) is 0 Å². The van der Waals surface area contributed by atoms with E-state index in [2.05, 4.69) is 61.1 Å². The first kappa shape index (κ1) is 25.5. The van der Waals surface area contributed by atoms with Gasteiger partial charge < -0.3 is 20.9 Å². The molecule has 0 bridgehead atoms. The average molecular weight is 516 g/mol. The monoisotopic (exact) mass is 516 g/mol. The number of anilines is 1. The molecule has 0 atom stereocenters. The second-order valence-electron chi connectivity index (χ2n) is 8.17. The number of hydrogen-bond donors (Lipinski definition) is 3. The van der Waals surface area contributed by atoms with Gasteiger partial charge in [0.25, 0.3) is 0 Å². The standard InChI is InChI=1S/C21H36N6O.HI/c1-21(2,3)25-19(28)17-24-20(22-4)23-11-8-12-26-13-15-27(16-14-26)18-9-6-5-7-10-18;/h5-7,9-10H,8,11-17H2,1-4H3,(H,25,28)(H2,22,23,24);1H. The quantitative estimate of drug-likeness (QED) is 0.224. The zero-order valence-electron chi connectivity index (χ0n) is 18.2. The summed E-state index contributed by atoms with van der Waals surface area (Å²) in [5.74, 6) is 0.629. The number of benzene rings is 1. The fourth-order valence-electron chi connectivity index (χ4n) is 3.23. The number of carbonyl (C=O) groups is 1. The van der Waals surface area contributed by atoms with Crippen LogP contribution in [0.1, 0.15) is 27.2 Å². The van der Waals surface area contributed by atoms with E-state index < -0.39 is 0 Å². The summed E-state index contributed by atoms with van der Waals surface area (Å²) in [7, 11) is 1.72. The number of hydrogen-bond acceptors (Lipinski definition) is 4. The van der Waals surface area contributed by atoms with Crippen LogP contribution >= 0.6 is 24.0 Å². The Morgan fingerprint density at radius 1 is 1.07 bits per heavy atom. The van der Waals surface area contributed by atoms with Gasteiger partial charge >= 0.3 is 0 Å². The van der Waals surface area contributed by atoms with Gasteiger partial charge in [0, 0.05) is 51.0 Å². The van der Waals surface area contributed by atoms with Gasteiger partial charge in [-0.1, -0.05) is 18.2 Å². The third kappa shape index (κ3) is 10.2. The lowest BCUT2D eigenvalue weighted by Gasteiger charge is -2.36. The van der Waals surface area contributed by atoms with Crippen LogP contribution < -0.4 is 20.9 Å². The largest absolute Gasteiger partial charge is 0.369 e. The number of para-hydroxylation sites is 1. The summed E-state index contributed by atoms with van der Waals surface area (Å²) >= 11 is 0. The normalized spacial score (nSPS) is 15.4. The molecule has 1 amide bonds. The van der Waals surface area contributed by atoms with Crippen LogP contribution in [0.4, 0.5) is 5.69 Å². The van der Waals surface area contributed by atoms with E-state index in [0.717, 1.165) is 45.7 Å². The molecule has 1 aromatic carbocycles. The van der Waals surface area contributed by atoms with E-state index in [1.54, 1.807) is 7.05 Å². The van der Waals surface area contributed by atoms with Crippen LogP contribution in [0.25, 0.3) is 0 Å². The molecule has 7 nitrogen and oxygen atoms in total. The van der Waals surface area contributed by atoms with E-state index in [9.17, 15) is 4.79 Å². The molecule has 1 saturated heterocycles. The third-order valence-electron chi connectivity index (χ3n) is 4.59. The molecule has 1 heterocycles. The predicted molar refractivity (Wildman–Crippen MR) is 132 cm³/mol. The Morgan fingerprint density at radius 3 is 2.31 bits per heavy atom. The fourth-order valence-corrected chi connectivity index (χ4v) is 3.23. The molecule has 0 saturated carbocycles. The second-order valence-corrected chi connectivity index (χ2v) is 8.17. The van der Waals surface area contributed by atoms with Gasteiger partial charge in [0.05, 0.1) is 6.54 Å². The molecule has 29 heavy (non-hydrogen) atoms. The zero-order chi connectivity index (χ0) is 20.4. The van der Waals surface area contributed by atoms with Gasteiger partial charge in [0.15, 0.2) is 5.96 Å². The van der Waals surface area contributed by atoms with E-state index >= 15 is 0 Å². The molecule has 164 valence electrons. The van der Waals surface area contributed by atoms with Gasteiger partial charge in [-0.05, 0) is 45.9 Å². The highest BCUT2D eigenvalue weighted by Gasteiger charge is 2.16. The molecule has 1 aliphatic heterocycles. The van der Waals surface area contributed by atoms with Crippen molar-refractivity contribution < 1.29 is 4.79 Å². The summed E-state index contributed by atoms with van der Waals surface area (Å²) in [4.78, 5) is 21.0. The Labute approximate surface area is 192 Å². The van der Waals surface area contributed by atoms with Gasteiger partial charge in [0.2, 0.25) is 5.91 Å². The average Bonchev–Trinajstić information content (AvgIpc) is 2.67. The fraction of sp³-hybridized carbons (Fsp3) is 0.619. The van der Waals surface area contributed by atoms with E-state index in [1.807, 2.05) is 20.8 Å². The van der Waals surface area contributed by atoms with Gasteiger partial charge in [-0.2, -0.15) is 0 Å². The Hall–Kier alpha value is -1.55. The summed E-state index contributed by atoms with van der Waals surface area (Å²) in [5.41, 5.74) is 1.09. The molecule has 2 rings (SSSR count). The Morgan fingerprint density at radius 2 is 1.72 bits per heavy atom. The molecule has 0 spiro atoms. The van der Waals surface area contributed by atoms with E-state index in [1.165, 1.54) is 5.69 Å². The topological polar surface area (TPSA) is 72.0 Å². The van der Waals surface area contributed by atoms with Crippen molar-refractivity contribution in [2.24, 2.45) is 4.99 Å². The van der Waals surface area contributed by atoms with Crippen molar-refractivity contribution in [1.82, 2.24) is 20.9 Å². The number of rotatable bonds is 7. The van der Waals surface area contributed by atoms with Crippen molar-refractivity contribution in [3.8, 4) is 0 Å². The number of guanidine groups is 1. The van der Waals surface area contributed by atoms with E-state index in [-0.39, 0.29) is 42.0 Å². The van der Waals surface area contributed by atoms with Crippen LogP contribution in [-0.4, -0.2) is 75.2 Å². The molecule has 1 aliphatic rings. The number of nitrogens with one attached hydrogen (secondary N) is 3. The number of aliphatic imine (C=N–C) groups is 1. The Kier molecular flexibility index (Phi) is 11.3. The first-order valence-corrected chi connectivity index (χ1v) is 10.2. The highest BCUT2D eigenvalue weighted by molar-refractivity contribution is 14.0. The minimum atomic E-state index is -0.222. The predicted octanol–water partition coefficient (Wildman–Crippen LogP) is 1.90. The number of halogens is 1. The van der Waals surface area contributed by atoms with Gasteiger partial charge in [0.1, 0.15) is 0 Å². The molecule has 0 aromatic heterocycles. The van der Waals surface area contributed by atoms with Crippen molar-refractivity contribution in [3.63, 3.8) is 0 Å². The lowest BCUT2D eigenvalue weighted by atomic mass is 10.1. The number of nitrogens with zero attached hydrogens (tertiary/aromatic N) is 3. The van der Waals surface area contributed by atoms with Crippen LogP contribution in [0.2, 0.25) is 0 Å². The van der Waals surface area contributed by atoms with Crippen LogP contribution in [-0.2, 0) is 4.79 Å². The number of piperazine rings is 1. The zero-order valence-corrected chi connectivity index (χ0v) is 20.5. The highest BCUT2D eigenvalue weighted by Crippen LogP contribution is 2.15. The summed E-state index contributed by atoms with van der Waals surface area (Å²) in [5, 5.41) is 9.27. The van der Waals surface area contributed by atoms with Crippen molar-refractivity contribution in [2.45, 2.75) is 32.7 Å². The molecule has 0 radical (unpaired) electrons. The van der Waals surface area contributed by atoms with Crippen molar-refractivity contribution >= 4 is 41.5 Å². The molecular weight excluding hydrogens is 479 g/mol. The van der Waals surface area contributed by atoms with Gasteiger partial charge in [-0.3, -0.25) is 14.7 Å². The molecule has 0 aliphatic carbocycles. The maximum Gasteiger partial charge on any atom is 0.239 e. The summed E-state index contributed by atoms with van der Waals surface area (Å²) in [6.45, 7) is 12.4. The molecular formula is C21H37IN6O. The Balaban J connectivity index is 0.00000420. The summed E-state index contributed by atoms with van der Waals surface area (Å²) in [6.07, 6.45) is 1.04. The first-order chi connectivity index (χ1) is 13.4. The second kappa shape index (κ2) is 12.9. The van der Waals surface area contributed by atoms with Crippen LogP contribution in [0, 0.1) is 0 Å². The molecule has 3 N–H and O–H groups in total. The Bertz CT molecular complexity index is 624. The van der Waals surface area contributed by atoms with Crippen LogP contribution in [0.5, 0.6) is 0 Å². The highest BCUT2D eigenvalue weighted by atomic mass is 127. The minimum absolute atomic E-state index is 0. The maximum absolute atomic E-state index is 11.9. The van der Waals surface area contributed by atoms with Crippen LogP contribution in [0.15, 0.2) is 35.3 Å². The molecule has 0 unspecified atom stereocenters. The minimum Gasteiger partial charge on any atom is -0.369 e. The number of amides is 1. The number of carbonyl (C=O) groups excluding carboxylic acids is 1. The smallest absolute Gasteiger partial charge is 0.239 e. The van der Waals surface area contributed by atoms with Gasteiger partial charge in [-0.25, -0.2) is 0 Å². The summed E-state index contributed by atoms with van der Waals surface area (Å²) < 4.78 is 0. The van der Waals surface area contributed by atoms with Gasteiger partial charge in [-0.15, -0.1) is 24.0 Å². The molecule has 1 aromatic rings. The SMILES string of the molecule is CN=C(NCCCN1CCN(c2ccccc2)CC1)NCC(=O)NC(C)(C)C.I. The van der Waals surface area contributed by atoms with Crippen molar-refractivity contribution in [3.05, 3.63) is 30.3 Å². The first-order valence-electron chi connectivity index (χ1n) is 10.2. The molecule has 1 fully saturated rings. The van der Waals surface area contributed by atoms with E-state index in [0.29, 0.717) is 5.96 Å². The summed E-state index contributed by atoms with van der Waals surface area (Å²) in [6, 6.07) is 10.6. The van der Waals surface area contributed by atoms with Crippen molar-refractivity contribution in [2.75, 3.05) is 57.8 Å². The van der Waals surface area contributed by atoms with Crippen molar-refractivity contribution in [1.29, 1.82) is 0 Å².